The maximum absolute atomic E-state index is 13.2. The number of hydrogen-bond donors (Lipinski definition) is 1. The maximum atomic E-state index is 13.2. The molecule has 2 aromatic rings. The first-order valence-corrected chi connectivity index (χ1v) is 9.90. The van der Waals surface area contributed by atoms with Crippen molar-refractivity contribution in [1.82, 2.24) is 25.0 Å². The normalized spacial score (nSPS) is 17.5. The Morgan fingerprint density at radius 1 is 1.21 bits per heavy atom. The summed E-state index contributed by atoms with van der Waals surface area (Å²) in [5, 5.41) is 9.00. The third kappa shape index (κ3) is 4.78. The van der Waals surface area contributed by atoms with Gasteiger partial charge in [-0.25, -0.2) is 9.67 Å². The van der Waals surface area contributed by atoms with Crippen molar-refractivity contribution in [3.8, 4) is 0 Å². The van der Waals surface area contributed by atoms with E-state index < -0.39 is 0 Å². The molecule has 28 heavy (non-hydrogen) atoms. The van der Waals surface area contributed by atoms with Gasteiger partial charge in [-0.1, -0.05) is 0 Å². The summed E-state index contributed by atoms with van der Waals surface area (Å²) >= 11 is 0. The molecule has 2 aliphatic rings. The molecule has 1 aliphatic heterocycles. The largest absolute Gasteiger partial charge is 0.339 e. The molecular formula is C20H31Cl2N5O. The van der Waals surface area contributed by atoms with Gasteiger partial charge in [-0.3, -0.25) is 4.79 Å². The van der Waals surface area contributed by atoms with Gasteiger partial charge in [0.2, 0.25) is 0 Å². The van der Waals surface area contributed by atoms with Crippen LogP contribution in [0.4, 0.5) is 0 Å². The summed E-state index contributed by atoms with van der Waals surface area (Å²) < 4.78 is 1.90. The average molecular weight is 428 g/mol. The van der Waals surface area contributed by atoms with Crippen LogP contribution in [0.1, 0.15) is 61.6 Å². The monoisotopic (exact) mass is 427 g/mol. The fourth-order valence-corrected chi connectivity index (χ4v) is 3.81. The Morgan fingerprint density at radius 3 is 2.50 bits per heavy atom. The zero-order valence-corrected chi connectivity index (χ0v) is 18.5. The molecule has 156 valence electrons. The third-order valence-electron chi connectivity index (χ3n) is 5.59. The van der Waals surface area contributed by atoms with Crippen LogP contribution < -0.4 is 5.32 Å². The second-order valence-electron chi connectivity index (χ2n) is 8.15. The number of likely N-dealkylation sites (tertiary alicyclic amines) is 1. The molecule has 2 aromatic heterocycles. The quantitative estimate of drug-likeness (QED) is 0.788. The maximum Gasteiger partial charge on any atom is 0.254 e. The Balaban J connectivity index is 0.00000140. The van der Waals surface area contributed by atoms with E-state index >= 15 is 0 Å². The number of halogens is 2. The van der Waals surface area contributed by atoms with Crippen molar-refractivity contribution in [3.63, 3.8) is 0 Å². The first-order chi connectivity index (χ1) is 12.5. The van der Waals surface area contributed by atoms with E-state index in [-0.39, 0.29) is 36.8 Å². The van der Waals surface area contributed by atoms with Crippen LogP contribution >= 0.6 is 24.8 Å². The third-order valence-corrected chi connectivity index (χ3v) is 5.59. The number of aryl methyl sites for hydroxylation is 1. The lowest BCUT2D eigenvalue weighted by molar-refractivity contribution is 0.0707. The summed E-state index contributed by atoms with van der Waals surface area (Å²) in [6.45, 7) is 8.90. The number of hydrogen-bond acceptors (Lipinski definition) is 4. The number of nitrogens with zero attached hydrogens (tertiary/aromatic N) is 4. The van der Waals surface area contributed by atoms with Crippen LogP contribution in [0.15, 0.2) is 12.3 Å². The van der Waals surface area contributed by atoms with Crippen LogP contribution in [0.25, 0.3) is 11.0 Å². The van der Waals surface area contributed by atoms with Crippen LogP contribution in [-0.4, -0.2) is 51.2 Å². The SMILES string of the molecule is Cc1cc(C(=O)N2CCC(NCC3CC3)CC2)c2cnn(C(C)C)c2n1.Cl.Cl. The predicted octanol–water partition coefficient (Wildman–Crippen LogP) is 3.77. The van der Waals surface area contributed by atoms with Gasteiger partial charge in [0.1, 0.15) is 0 Å². The molecule has 0 bridgehead atoms. The Hall–Kier alpha value is -1.37. The summed E-state index contributed by atoms with van der Waals surface area (Å²) in [5.74, 6) is 1.02. The first kappa shape index (κ1) is 22.9. The van der Waals surface area contributed by atoms with Crippen molar-refractivity contribution in [3.05, 3.63) is 23.5 Å². The van der Waals surface area contributed by atoms with Gasteiger partial charge >= 0.3 is 0 Å². The number of pyridine rings is 1. The van der Waals surface area contributed by atoms with Crippen molar-refractivity contribution >= 4 is 41.8 Å². The molecule has 0 spiro atoms. The van der Waals surface area contributed by atoms with E-state index in [1.807, 2.05) is 22.6 Å². The lowest BCUT2D eigenvalue weighted by atomic mass is 10.0. The summed E-state index contributed by atoms with van der Waals surface area (Å²) in [5.41, 5.74) is 2.41. The molecule has 1 saturated heterocycles. The molecule has 0 radical (unpaired) electrons. The molecule has 0 atom stereocenters. The number of piperidine rings is 1. The number of amides is 1. The molecular weight excluding hydrogens is 397 g/mol. The number of aromatic nitrogens is 3. The summed E-state index contributed by atoms with van der Waals surface area (Å²) in [6, 6.07) is 2.69. The zero-order chi connectivity index (χ0) is 18.3. The van der Waals surface area contributed by atoms with Crippen LogP contribution in [0, 0.1) is 12.8 Å². The summed E-state index contributed by atoms with van der Waals surface area (Å²) in [7, 11) is 0. The second-order valence-corrected chi connectivity index (χ2v) is 8.15. The number of carbonyl (C=O) groups is 1. The first-order valence-electron chi connectivity index (χ1n) is 9.90. The molecule has 1 N–H and O–H groups in total. The number of nitrogens with one attached hydrogen (secondary N) is 1. The molecule has 0 unspecified atom stereocenters. The minimum atomic E-state index is 0. The van der Waals surface area contributed by atoms with Crippen molar-refractivity contribution < 1.29 is 4.79 Å². The molecule has 1 saturated carbocycles. The van der Waals surface area contributed by atoms with Crippen LogP contribution in [0.2, 0.25) is 0 Å². The van der Waals surface area contributed by atoms with E-state index in [1.54, 1.807) is 6.20 Å². The minimum absolute atomic E-state index is 0. The second kappa shape index (κ2) is 9.42. The lowest BCUT2D eigenvalue weighted by Crippen LogP contribution is -2.45. The van der Waals surface area contributed by atoms with Crippen LogP contribution in [0.5, 0.6) is 0 Å². The van der Waals surface area contributed by atoms with E-state index in [4.69, 9.17) is 0 Å². The van der Waals surface area contributed by atoms with Crippen molar-refractivity contribution in [2.75, 3.05) is 19.6 Å². The average Bonchev–Trinajstić information content (AvgIpc) is 3.36. The Kier molecular flexibility index (Phi) is 7.71. The number of rotatable bonds is 5. The molecule has 0 aromatic carbocycles. The molecule has 2 fully saturated rings. The summed E-state index contributed by atoms with van der Waals surface area (Å²) in [6.07, 6.45) is 6.63. The van der Waals surface area contributed by atoms with Gasteiger partial charge in [0.25, 0.3) is 5.91 Å². The van der Waals surface area contributed by atoms with Gasteiger partial charge in [0.05, 0.1) is 17.1 Å². The van der Waals surface area contributed by atoms with Gasteiger partial charge in [-0.05, 0) is 65.0 Å². The highest BCUT2D eigenvalue weighted by Crippen LogP contribution is 2.28. The van der Waals surface area contributed by atoms with Gasteiger partial charge < -0.3 is 10.2 Å². The Bertz CT molecular complexity index is 810. The predicted molar refractivity (Wildman–Crippen MR) is 117 cm³/mol. The standard InChI is InChI=1S/C20H29N5O.2ClH/c1-13(2)25-19-18(12-22-25)17(10-14(3)23-19)20(26)24-8-6-16(7-9-24)21-11-15-4-5-15;;/h10,12-13,15-16,21H,4-9,11H2,1-3H3;2*1H. The number of fused-ring (bicyclic) bond motifs is 1. The highest BCUT2D eigenvalue weighted by Gasteiger charge is 2.27. The Labute approximate surface area is 179 Å². The van der Waals surface area contributed by atoms with E-state index in [0.717, 1.165) is 60.7 Å². The molecule has 1 aliphatic carbocycles. The van der Waals surface area contributed by atoms with Gasteiger partial charge in [-0.2, -0.15) is 5.10 Å². The van der Waals surface area contributed by atoms with Crippen molar-refractivity contribution in [2.24, 2.45) is 5.92 Å². The highest BCUT2D eigenvalue weighted by atomic mass is 35.5. The van der Waals surface area contributed by atoms with E-state index in [9.17, 15) is 4.79 Å². The van der Waals surface area contributed by atoms with Crippen LogP contribution in [-0.2, 0) is 0 Å². The van der Waals surface area contributed by atoms with E-state index in [0.29, 0.717) is 6.04 Å². The zero-order valence-electron chi connectivity index (χ0n) is 16.9. The topological polar surface area (TPSA) is 63.1 Å². The molecule has 8 heteroatoms. The van der Waals surface area contributed by atoms with Gasteiger partial charge in [0.15, 0.2) is 5.65 Å². The van der Waals surface area contributed by atoms with E-state index in [2.05, 4.69) is 29.2 Å². The minimum Gasteiger partial charge on any atom is -0.339 e. The lowest BCUT2D eigenvalue weighted by Gasteiger charge is -2.32. The molecule has 6 nitrogen and oxygen atoms in total. The molecule has 3 heterocycles. The van der Waals surface area contributed by atoms with Gasteiger partial charge in [-0.15, -0.1) is 24.8 Å². The fourth-order valence-electron chi connectivity index (χ4n) is 3.81. The molecule has 1 amide bonds. The summed E-state index contributed by atoms with van der Waals surface area (Å²) in [4.78, 5) is 19.8. The number of carbonyl (C=O) groups excluding carboxylic acids is 1. The van der Waals surface area contributed by atoms with E-state index in [1.165, 1.54) is 12.8 Å². The highest BCUT2D eigenvalue weighted by molar-refractivity contribution is 6.05. The molecule has 4 rings (SSSR count). The Morgan fingerprint density at radius 2 is 1.89 bits per heavy atom. The smallest absolute Gasteiger partial charge is 0.254 e. The van der Waals surface area contributed by atoms with Crippen molar-refractivity contribution in [2.45, 2.75) is 58.5 Å². The van der Waals surface area contributed by atoms with Crippen molar-refractivity contribution in [1.29, 1.82) is 0 Å². The fraction of sp³-hybridized carbons (Fsp3) is 0.650. The van der Waals surface area contributed by atoms with Gasteiger partial charge in [0, 0.05) is 30.9 Å². The van der Waals surface area contributed by atoms with Crippen LogP contribution in [0.3, 0.4) is 0 Å².